The maximum absolute atomic E-state index is 13.0. The zero-order valence-electron chi connectivity index (χ0n) is 13.3. The summed E-state index contributed by atoms with van der Waals surface area (Å²) < 4.78 is 0. The normalized spacial score (nSPS) is 30.2. The number of imide groups is 1. The first-order chi connectivity index (χ1) is 11.4. The zero-order chi connectivity index (χ0) is 17.2. The van der Waals surface area contributed by atoms with Crippen LogP contribution in [0.25, 0.3) is 0 Å². The lowest BCUT2D eigenvalue weighted by Crippen LogP contribution is -2.33. The fourth-order valence-corrected chi connectivity index (χ4v) is 4.47. The number of nitro groups is 1. The molecular weight excluding hydrogens is 308 g/mol. The number of hydrogen-bond donors (Lipinski definition) is 0. The van der Waals surface area contributed by atoms with Crippen LogP contribution in [0, 0.1) is 33.8 Å². The fraction of sp³-hybridized carbons (Fsp3) is 0.333. The van der Waals surface area contributed by atoms with Gasteiger partial charge >= 0.3 is 0 Å². The van der Waals surface area contributed by atoms with Crippen LogP contribution in [0.15, 0.2) is 47.6 Å². The summed E-state index contributed by atoms with van der Waals surface area (Å²) >= 11 is 0. The minimum absolute atomic E-state index is 0.0609. The van der Waals surface area contributed by atoms with Gasteiger partial charge in [-0.05, 0) is 19.9 Å². The Hall–Kier alpha value is -2.76. The standard InChI is InChI=1S/C18H16N2O4/c1-9(2)14-10-7-8-11(14)16-15(10)17(21)19(18(16)22)12-5-3-4-6-13(12)20(23)24/h3-8,10-11,15-16H,1-2H3/t10-,11-,15+,16+/m1/s1. The monoisotopic (exact) mass is 324 g/mol. The van der Waals surface area contributed by atoms with Gasteiger partial charge < -0.3 is 0 Å². The molecule has 122 valence electrons. The van der Waals surface area contributed by atoms with Crippen molar-refractivity contribution in [2.45, 2.75) is 13.8 Å². The molecule has 2 fully saturated rings. The number of hydrogen-bond acceptors (Lipinski definition) is 4. The van der Waals surface area contributed by atoms with Gasteiger partial charge in [-0.3, -0.25) is 19.7 Å². The molecule has 4 atom stereocenters. The van der Waals surface area contributed by atoms with Gasteiger partial charge in [-0.2, -0.15) is 0 Å². The van der Waals surface area contributed by atoms with Crippen molar-refractivity contribution in [3.63, 3.8) is 0 Å². The van der Waals surface area contributed by atoms with Crippen molar-refractivity contribution in [3.05, 3.63) is 57.7 Å². The van der Waals surface area contributed by atoms with Gasteiger partial charge in [0, 0.05) is 17.9 Å². The van der Waals surface area contributed by atoms with Crippen LogP contribution in [-0.2, 0) is 9.59 Å². The minimum Gasteiger partial charge on any atom is -0.274 e. The molecule has 24 heavy (non-hydrogen) atoms. The molecule has 0 spiro atoms. The van der Waals surface area contributed by atoms with Crippen molar-refractivity contribution in [2.24, 2.45) is 23.7 Å². The molecule has 0 aromatic heterocycles. The summed E-state index contributed by atoms with van der Waals surface area (Å²) in [5.74, 6) is -1.64. The number of benzene rings is 1. The SMILES string of the molecule is CC(C)=C1[C@H]2C=C[C@H]1[C@@H]1C(=O)N(c3ccccc3[N+](=O)[O-])C(=O)[C@H]12. The topological polar surface area (TPSA) is 80.5 Å². The lowest BCUT2D eigenvalue weighted by atomic mass is 9.85. The lowest BCUT2D eigenvalue weighted by molar-refractivity contribution is -0.384. The average molecular weight is 324 g/mol. The number of amides is 2. The Morgan fingerprint density at radius 3 is 2.08 bits per heavy atom. The van der Waals surface area contributed by atoms with E-state index in [2.05, 4.69) is 0 Å². The predicted molar refractivity (Wildman–Crippen MR) is 87.1 cm³/mol. The van der Waals surface area contributed by atoms with Crippen LogP contribution >= 0.6 is 0 Å². The predicted octanol–water partition coefficient (Wildman–Crippen LogP) is 2.85. The van der Waals surface area contributed by atoms with Crippen LogP contribution in [-0.4, -0.2) is 16.7 Å². The van der Waals surface area contributed by atoms with E-state index in [0.29, 0.717) is 0 Å². The molecule has 3 aliphatic rings. The molecule has 4 rings (SSSR count). The summed E-state index contributed by atoms with van der Waals surface area (Å²) in [5.41, 5.74) is 2.16. The van der Waals surface area contributed by atoms with E-state index in [-0.39, 0.29) is 35.0 Å². The van der Waals surface area contributed by atoms with Crippen LogP contribution < -0.4 is 4.90 Å². The summed E-state index contributed by atoms with van der Waals surface area (Å²) in [6, 6.07) is 5.91. The van der Waals surface area contributed by atoms with Gasteiger partial charge in [-0.1, -0.05) is 35.4 Å². The summed E-state index contributed by atoms with van der Waals surface area (Å²) in [5, 5.41) is 11.3. The molecule has 0 radical (unpaired) electrons. The van der Waals surface area contributed by atoms with E-state index in [9.17, 15) is 19.7 Å². The number of nitro benzene ring substituents is 1. The molecule has 2 amide bonds. The summed E-state index contributed by atoms with van der Waals surface area (Å²) in [6.45, 7) is 4.00. The Bertz CT molecular complexity index is 816. The van der Waals surface area contributed by atoms with Gasteiger partial charge in [0.05, 0.1) is 16.8 Å². The largest absolute Gasteiger partial charge is 0.293 e. The van der Waals surface area contributed by atoms with Crippen molar-refractivity contribution in [3.8, 4) is 0 Å². The second kappa shape index (κ2) is 4.87. The van der Waals surface area contributed by atoms with E-state index in [1.54, 1.807) is 6.07 Å². The number of rotatable bonds is 2. The molecule has 0 N–H and O–H groups in total. The molecule has 1 aliphatic heterocycles. The number of fused-ring (bicyclic) bond motifs is 5. The van der Waals surface area contributed by atoms with Gasteiger partial charge in [0.2, 0.25) is 11.8 Å². The first-order valence-corrected chi connectivity index (χ1v) is 7.90. The molecule has 2 aliphatic carbocycles. The molecule has 1 aromatic rings. The van der Waals surface area contributed by atoms with Crippen LogP contribution in [0.5, 0.6) is 0 Å². The van der Waals surface area contributed by atoms with Crippen LogP contribution in [0.4, 0.5) is 11.4 Å². The van der Waals surface area contributed by atoms with E-state index < -0.39 is 16.8 Å². The highest BCUT2D eigenvalue weighted by molar-refractivity contribution is 6.24. The van der Waals surface area contributed by atoms with Crippen molar-refractivity contribution in [2.75, 3.05) is 4.90 Å². The number of carbonyl (C=O) groups excluding carboxylic acids is 2. The second-order valence-corrected chi connectivity index (χ2v) is 6.70. The van der Waals surface area contributed by atoms with E-state index in [0.717, 1.165) is 16.0 Å². The molecule has 1 saturated heterocycles. The number of nitrogens with zero attached hydrogens (tertiary/aromatic N) is 2. The van der Waals surface area contributed by atoms with E-state index in [4.69, 9.17) is 0 Å². The Balaban J connectivity index is 1.81. The smallest absolute Gasteiger partial charge is 0.274 e. The maximum Gasteiger partial charge on any atom is 0.293 e. The number of carbonyl (C=O) groups is 2. The lowest BCUT2D eigenvalue weighted by Gasteiger charge is -2.19. The average Bonchev–Trinajstić information content (AvgIpc) is 3.17. The minimum atomic E-state index is -0.557. The molecule has 2 bridgehead atoms. The molecule has 6 nitrogen and oxygen atoms in total. The third-order valence-corrected chi connectivity index (χ3v) is 5.31. The summed E-state index contributed by atoms with van der Waals surface area (Å²) in [6.07, 6.45) is 4.00. The van der Waals surface area contributed by atoms with Gasteiger partial charge in [0.15, 0.2) is 0 Å². The van der Waals surface area contributed by atoms with E-state index in [1.165, 1.54) is 18.2 Å². The van der Waals surface area contributed by atoms with E-state index in [1.807, 2.05) is 26.0 Å². The highest BCUT2D eigenvalue weighted by Gasteiger charge is 2.62. The Morgan fingerprint density at radius 2 is 1.58 bits per heavy atom. The van der Waals surface area contributed by atoms with E-state index >= 15 is 0 Å². The number of para-hydroxylation sites is 2. The van der Waals surface area contributed by atoms with Crippen LogP contribution in [0.2, 0.25) is 0 Å². The van der Waals surface area contributed by atoms with Crippen molar-refractivity contribution in [1.29, 1.82) is 0 Å². The molecule has 1 aromatic carbocycles. The third-order valence-electron chi connectivity index (χ3n) is 5.31. The first-order valence-electron chi connectivity index (χ1n) is 7.90. The summed E-state index contributed by atoms with van der Waals surface area (Å²) in [4.78, 5) is 37.6. The van der Waals surface area contributed by atoms with Gasteiger partial charge in [-0.15, -0.1) is 0 Å². The van der Waals surface area contributed by atoms with Gasteiger partial charge in [-0.25, -0.2) is 4.90 Å². The van der Waals surface area contributed by atoms with Gasteiger partial charge in [0.1, 0.15) is 5.69 Å². The van der Waals surface area contributed by atoms with Crippen LogP contribution in [0.1, 0.15) is 13.8 Å². The Labute approximate surface area is 138 Å². The molecule has 6 heteroatoms. The maximum atomic E-state index is 13.0. The quantitative estimate of drug-likeness (QED) is 0.362. The fourth-order valence-electron chi connectivity index (χ4n) is 4.47. The van der Waals surface area contributed by atoms with Crippen molar-refractivity contribution >= 4 is 23.2 Å². The van der Waals surface area contributed by atoms with Crippen molar-refractivity contribution < 1.29 is 14.5 Å². The zero-order valence-corrected chi connectivity index (χ0v) is 13.3. The molecule has 0 unspecified atom stereocenters. The first kappa shape index (κ1) is 14.8. The highest BCUT2D eigenvalue weighted by Crippen LogP contribution is 2.57. The molecule has 1 saturated carbocycles. The molecule has 1 heterocycles. The van der Waals surface area contributed by atoms with Gasteiger partial charge in [0.25, 0.3) is 5.69 Å². The van der Waals surface area contributed by atoms with Crippen LogP contribution in [0.3, 0.4) is 0 Å². The Morgan fingerprint density at radius 1 is 1.04 bits per heavy atom. The van der Waals surface area contributed by atoms with Crippen molar-refractivity contribution in [1.82, 2.24) is 0 Å². The summed E-state index contributed by atoms with van der Waals surface area (Å²) in [7, 11) is 0. The number of anilines is 1. The Kier molecular flexibility index (Phi) is 3.00. The molecular formula is C18H16N2O4. The third kappa shape index (κ3) is 1.71. The second-order valence-electron chi connectivity index (χ2n) is 6.70. The number of allylic oxidation sites excluding steroid dienone is 4. The highest BCUT2D eigenvalue weighted by atomic mass is 16.6.